The van der Waals surface area contributed by atoms with Gasteiger partial charge in [-0.25, -0.2) is 8.78 Å². The fourth-order valence-electron chi connectivity index (χ4n) is 0.105. The molecule has 0 heterocycles. The van der Waals surface area contributed by atoms with E-state index in [1.807, 2.05) is 0 Å². The minimum atomic E-state index is -3.46. The Morgan fingerprint density at radius 1 is 1.62 bits per heavy atom. The molecule has 0 bridgehead atoms. The van der Waals surface area contributed by atoms with Gasteiger partial charge in [0.25, 0.3) is 5.92 Å². The van der Waals surface area contributed by atoms with Crippen LogP contribution in [0.4, 0.5) is 8.78 Å². The molecule has 4 heteroatoms. The summed E-state index contributed by atoms with van der Waals surface area (Å²) in [5, 5.41) is 15.9. The predicted molar refractivity (Wildman–Crippen MR) is 23.4 cm³/mol. The van der Waals surface area contributed by atoms with Crippen LogP contribution in [-0.4, -0.2) is 28.8 Å². The highest BCUT2D eigenvalue weighted by Gasteiger charge is 2.33. The molecule has 0 aliphatic heterocycles. The van der Waals surface area contributed by atoms with Gasteiger partial charge in [-0.2, -0.15) is 0 Å². The third-order valence-electron chi connectivity index (χ3n) is 0.698. The van der Waals surface area contributed by atoms with E-state index in [2.05, 4.69) is 6.92 Å². The molecule has 0 saturated carbocycles. The Labute approximate surface area is 45.8 Å². The van der Waals surface area contributed by atoms with Gasteiger partial charge < -0.3 is 10.2 Å². The summed E-state index contributed by atoms with van der Waals surface area (Å²) >= 11 is 0. The molecule has 0 rings (SSSR count). The lowest BCUT2D eigenvalue weighted by Gasteiger charge is -2.14. The first-order valence-electron chi connectivity index (χ1n) is 2.00. The Balaban J connectivity index is 3.71. The molecule has 0 aromatic heterocycles. The standard InChI is InChI=1S/C4H7F2O2/c1-3(8)4(5,6)2-7/h3,7-8H,1-2H2. The molecule has 0 amide bonds. The van der Waals surface area contributed by atoms with E-state index < -0.39 is 18.6 Å². The van der Waals surface area contributed by atoms with Crippen LogP contribution in [0.5, 0.6) is 0 Å². The number of rotatable bonds is 2. The van der Waals surface area contributed by atoms with Gasteiger partial charge in [0.15, 0.2) is 0 Å². The van der Waals surface area contributed by atoms with E-state index in [1.165, 1.54) is 0 Å². The number of halogens is 2. The largest absolute Gasteiger partial charge is 0.390 e. The van der Waals surface area contributed by atoms with Gasteiger partial charge in [0.1, 0.15) is 12.7 Å². The molecule has 2 N–H and O–H groups in total. The Bertz CT molecular complexity index is 72.4. The lowest BCUT2D eigenvalue weighted by Crippen LogP contribution is -2.34. The topological polar surface area (TPSA) is 40.5 Å². The van der Waals surface area contributed by atoms with Crippen molar-refractivity contribution in [3.05, 3.63) is 6.92 Å². The van der Waals surface area contributed by atoms with Gasteiger partial charge in [-0.3, -0.25) is 0 Å². The zero-order valence-electron chi connectivity index (χ0n) is 4.14. The summed E-state index contributed by atoms with van der Waals surface area (Å²) in [5.41, 5.74) is 0. The summed E-state index contributed by atoms with van der Waals surface area (Å²) in [6, 6.07) is 0. The lowest BCUT2D eigenvalue weighted by molar-refractivity contribution is -0.119. The molecule has 2 nitrogen and oxygen atoms in total. The molecule has 0 aromatic carbocycles. The zero-order chi connectivity index (χ0) is 6.78. The average molecular weight is 125 g/mol. The third-order valence-corrected chi connectivity index (χ3v) is 0.698. The van der Waals surface area contributed by atoms with Crippen LogP contribution < -0.4 is 0 Å². The van der Waals surface area contributed by atoms with Gasteiger partial charge in [0.05, 0.1) is 0 Å². The fraction of sp³-hybridized carbons (Fsp3) is 0.750. The summed E-state index contributed by atoms with van der Waals surface area (Å²) in [6.45, 7) is 1.26. The van der Waals surface area contributed by atoms with Crippen molar-refractivity contribution in [2.24, 2.45) is 0 Å². The maximum Gasteiger partial charge on any atom is 0.295 e. The van der Waals surface area contributed by atoms with E-state index in [9.17, 15) is 8.78 Å². The summed E-state index contributed by atoms with van der Waals surface area (Å²) in [5.74, 6) is -3.46. The molecule has 0 saturated heterocycles. The van der Waals surface area contributed by atoms with Gasteiger partial charge in [0.2, 0.25) is 0 Å². The SMILES string of the molecule is [CH2]C(O)C(F)(F)CO. The molecule has 1 radical (unpaired) electrons. The fourth-order valence-corrected chi connectivity index (χ4v) is 0.105. The number of hydrogen-bond donors (Lipinski definition) is 2. The molecule has 0 spiro atoms. The quantitative estimate of drug-likeness (QED) is 0.537. The Morgan fingerprint density at radius 2 is 2.00 bits per heavy atom. The Morgan fingerprint density at radius 3 is 2.00 bits per heavy atom. The first kappa shape index (κ1) is 7.78. The van der Waals surface area contributed by atoms with Crippen LogP contribution in [0.3, 0.4) is 0 Å². The van der Waals surface area contributed by atoms with Crippen molar-refractivity contribution in [3.63, 3.8) is 0 Å². The molecule has 8 heavy (non-hydrogen) atoms. The maximum absolute atomic E-state index is 11.7. The minimum Gasteiger partial charge on any atom is -0.390 e. The second-order valence-electron chi connectivity index (χ2n) is 1.43. The van der Waals surface area contributed by atoms with Crippen LogP contribution in [0.25, 0.3) is 0 Å². The molecular formula is C4H7F2O2. The maximum atomic E-state index is 11.7. The molecule has 0 aliphatic carbocycles. The predicted octanol–water partition coefficient (Wildman–Crippen LogP) is -0.191. The van der Waals surface area contributed by atoms with Gasteiger partial charge >= 0.3 is 0 Å². The van der Waals surface area contributed by atoms with Crippen LogP contribution in [0.2, 0.25) is 0 Å². The minimum absolute atomic E-state index is 1.36. The third kappa shape index (κ3) is 1.71. The van der Waals surface area contributed by atoms with E-state index in [1.54, 1.807) is 0 Å². The van der Waals surface area contributed by atoms with E-state index in [-0.39, 0.29) is 0 Å². The highest BCUT2D eigenvalue weighted by molar-refractivity contribution is 4.76. The summed E-state index contributed by atoms with van der Waals surface area (Å²) in [7, 11) is 0. The average Bonchev–Trinajstić information content (AvgIpc) is 1.67. The Kier molecular flexibility index (Phi) is 2.30. The van der Waals surface area contributed by atoms with E-state index in [0.717, 1.165) is 0 Å². The zero-order valence-corrected chi connectivity index (χ0v) is 4.14. The second-order valence-corrected chi connectivity index (χ2v) is 1.43. The van der Waals surface area contributed by atoms with Gasteiger partial charge in [-0.1, -0.05) is 0 Å². The van der Waals surface area contributed by atoms with E-state index in [0.29, 0.717) is 0 Å². The monoisotopic (exact) mass is 125 g/mol. The molecule has 1 unspecified atom stereocenters. The van der Waals surface area contributed by atoms with Gasteiger partial charge in [-0.15, -0.1) is 0 Å². The van der Waals surface area contributed by atoms with Gasteiger partial charge in [-0.05, 0) is 6.92 Å². The van der Waals surface area contributed by atoms with Crippen molar-refractivity contribution in [2.75, 3.05) is 6.61 Å². The number of aliphatic hydroxyl groups excluding tert-OH is 2. The smallest absolute Gasteiger partial charge is 0.295 e. The van der Waals surface area contributed by atoms with Crippen molar-refractivity contribution in [1.29, 1.82) is 0 Å². The molecule has 0 aromatic rings. The summed E-state index contributed by atoms with van der Waals surface area (Å²) in [6.07, 6.45) is -2.02. The summed E-state index contributed by atoms with van der Waals surface area (Å²) in [4.78, 5) is 0. The Hall–Kier alpha value is -0.220. The van der Waals surface area contributed by atoms with Crippen LogP contribution in [0, 0.1) is 6.92 Å². The molecule has 1 atom stereocenters. The molecular weight excluding hydrogens is 118 g/mol. The van der Waals surface area contributed by atoms with Crippen molar-refractivity contribution in [3.8, 4) is 0 Å². The molecule has 49 valence electrons. The number of alkyl halides is 2. The van der Waals surface area contributed by atoms with E-state index >= 15 is 0 Å². The number of hydrogen-bond acceptors (Lipinski definition) is 2. The van der Waals surface area contributed by atoms with Crippen molar-refractivity contribution in [2.45, 2.75) is 12.0 Å². The molecule has 0 aliphatic rings. The van der Waals surface area contributed by atoms with Crippen LogP contribution in [-0.2, 0) is 0 Å². The second kappa shape index (κ2) is 2.37. The first-order valence-corrected chi connectivity index (χ1v) is 2.00. The highest BCUT2D eigenvalue weighted by Crippen LogP contribution is 2.15. The van der Waals surface area contributed by atoms with Crippen LogP contribution in [0.1, 0.15) is 0 Å². The first-order chi connectivity index (χ1) is 3.50. The molecule has 0 fully saturated rings. The van der Waals surface area contributed by atoms with Crippen LogP contribution >= 0.6 is 0 Å². The lowest BCUT2D eigenvalue weighted by atomic mass is 10.2. The summed E-state index contributed by atoms with van der Waals surface area (Å²) < 4.78 is 23.4. The number of aliphatic hydroxyl groups is 2. The van der Waals surface area contributed by atoms with E-state index in [4.69, 9.17) is 10.2 Å². The normalized spacial score (nSPS) is 16.1. The van der Waals surface area contributed by atoms with Crippen molar-refractivity contribution >= 4 is 0 Å². The van der Waals surface area contributed by atoms with Crippen LogP contribution in [0.15, 0.2) is 0 Å². The highest BCUT2D eigenvalue weighted by atomic mass is 19.3. The van der Waals surface area contributed by atoms with Gasteiger partial charge in [0, 0.05) is 0 Å². The van der Waals surface area contributed by atoms with Crippen molar-refractivity contribution in [1.82, 2.24) is 0 Å². The van der Waals surface area contributed by atoms with Crippen molar-refractivity contribution < 1.29 is 19.0 Å².